The molecule has 0 aliphatic rings. The first-order valence-electron chi connectivity index (χ1n) is 3.88. The van der Waals surface area contributed by atoms with Crippen molar-refractivity contribution in [2.24, 2.45) is 5.73 Å². The molecule has 0 fully saturated rings. The molecular formula is C7H5AgN5O3. The van der Waals surface area contributed by atoms with Crippen LogP contribution in [-0.2, 0) is 22.4 Å². The number of primary amides is 1. The zero-order valence-corrected chi connectivity index (χ0v) is 9.08. The first kappa shape index (κ1) is 12.3. The number of nitro groups is 1. The summed E-state index contributed by atoms with van der Waals surface area (Å²) in [5, 5.41) is 20.1. The van der Waals surface area contributed by atoms with Gasteiger partial charge in [-0.2, -0.15) is 15.4 Å². The van der Waals surface area contributed by atoms with E-state index in [0.717, 1.165) is 6.07 Å². The van der Waals surface area contributed by atoms with Crippen molar-refractivity contribution in [1.29, 1.82) is 0 Å². The number of nitrogens with zero attached hydrogens (tertiary/aromatic N) is 3. The van der Waals surface area contributed by atoms with E-state index in [1.165, 1.54) is 6.07 Å². The molecule has 1 aromatic heterocycles. The van der Waals surface area contributed by atoms with Crippen molar-refractivity contribution < 1.29 is 32.1 Å². The van der Waals surface area contributed by atoms with E-state index in [1.54, 1.807) is 0 Å². The minimum atomic E-state index is -0.780. The maximum absolute atomic E-state index is 11.0. The number of nitrogens with two attached hydrogens (primary N) is 1. The number of benzene rings is 1. The molecule has 0 atom stereocenters. The fraction of sp³-hybridized carbons (Fsp3) is 0. The van der Waals surface area contributed by atoms with Crippen molar-refractivity contribution in [2.45, 2.75) is 0 Å². The summed E-state index contributed by atoms with van der Waals surface area (Å²) >= 11 is 0. The zero-order valence-electron chi connectivity index (χ0n) is 7.60. The molecule has 1 aromatic carbocycles. The number of hydrogen-bond acceptors (Lipinski definition) is 5. The van der Waals surface area contributed by atoms with Crippen LogP contribution in [0.3, 0.4) is 0 Å². The second-order valence-electron chi connectivity index (χ2n) is 2.81. The maximum atomic E-state index is 11.0. The number of nitro benzene ring substituents is 1. The minimum Gasteiger partial charge on any atom is -0.366 e. The second kappa shape index (κ2) is 4.39. The number of aromatic nitrogens is 3. The van der Waals surface area contributed by atoms with Crippen LogP contribution < -0.4 is 5.73 Å². The molecule has 87 valence electrons. The third-order valence-electron chi connectivity index (χ3n) is 1.88. The van der Waals surface area contributed by atoms with Gasteiger partial charge in [-0.1, -0.05) is 0 Å². The summed E-state index contributed by atoms with van der Waals surface area (Å²) in [5.74, 6) is -0.780. The van der Waals surface area contributed by atoms with E-state index in [1.807, 2.05) is 0 Å². The molecule has 1 heterocycles. The largest absolute Gasteiger partial charge is 0.366 e. The molecule has 2 aromatic rings. The Kier molecular flexibility index (Phi) is 3.38. The van der Waals surface area contributed by atoms with Crippen LogP contribution in [0, 0.1) is 10.1 Å². The fourth-order valence-electron chi connectivity index (χ4n) is 1.23. The number of carbonyl (C=O) groups is 1. The SMILES string of the molecule is NC(=O)c1cc([N+](=O)[O-])cc2n[nH]nc12.[Ag]. The number of nitrogens with one attached hydrogen (secondary N) is 1. The fourth-order valence-corrected chi connectivity index (χ4v) is 1.23. The first-order chi connectivity index (χ1) is 7.09. The smallest absolute Gasteiger partial charge is 0.272 e. The molecule has 1 radical (unpaired) electrons. The molecule has 0 saturated heterocycles. The monoisotopic (exact) mass is 314 g/mol. The third kappa shape index (κ3) is 1.94. The van der Waals surface area contributed by atoms with Gasteiger partial charge in [0.25, 0.3) is 11.6 Å². The van der Waals surface area contributed by atoms with Gasteiger partial charge in [-0.05, 0) is 0 Å². The van der Waals surface area contributed by atoms with Crippen molar-refractivity contribution in [3.8, 4) is 0 Å². The quantitative estimate of drug-likeness (QED) is 0.456. The third-order valence-corrected chi connectivity index (χ3v) is 1.88. The first-order valence-corrected chi connectivity index (χ1v) is 3.88. The Morgan fingerprint density at radius 3 is 2.69 bits per heavy atom. The normalized spacial score (nSPS) is 9.75. The van der Waals surface area contributed by atoms with Crippen LogP contribution in [0.25, 0.3) is 11.0 Å². The second-order valence-corrected chi connectivity index (χ2v) is 2.81. The van der Waals surface area contributed by atoms with Gasteiger partial charge in [0.05, 0.1) is 10.5 Å². The van der Waals surface area contributed by atoms with Crippen molar-refractivity contribution in [3.63, 3.8) is 0 Å². The van der Waals surface area contributed by atoms with Gasteiger partial charge in [0.1, 0.15) is 11.0 Å². The van der Waals surface area contributed by atoms with Gasteiger partial charge in [-0.3, -0.25) is 14.9 Å². The van der Waals surface area contributed by atoms with E-state index in [0.29, 0.717) is 0 Å². The molecule has 0 spiro atoms. The van der Waals surface area contributed by atoms with Crippen molar-refractivity contribution in [3.05, 3.63) is 27.8 Å². The standard InChI is InChI=1S/C7H5N5O3.Ag/c8-7(13)4-1-3(12(14)15)2-5-6(4)10-11-9-5;/h1-2H,(H2,8,13)(H,9,10,11);. The predicted octanol–water partition coefficient (Wildman–Crippen LogP) is -0.0375. The van der Waals surface area contributed by atoms with Crippen LogP contribution in [0.4, 0.5) is 5.69 Å². The Morgan fingerprint density at radius 2 is 2.12 bits per heavy atom. The molecule has 0 bridgehead atoms. The summed E-state index contributed by atoms with van der Waals surface area (Å²) in [4.78, 5) is 20.9. The summed E-state index contributed by atoms with van der Waals surface area (Å²) in [6.07, 6.45) is 0. The molecular weight excluding hydrogens is 310 g/mol. The van der Waals surface area contributed by atoms with Crippen LogP contribution in [0.5, 0.6) is 0 Å². The van der Waals surface area contributed by atoms with Crippen molar-refractivity contribution in [1.82, 2.24) is 15.4 Å². The van der Waals surface area contributed by atoms with Gasteiger partial charge in [0.15, 0.2) is 0 Å². The Hall–Kier alpha value is -1.77. The van der Waals surface area contributed by atoms with Gasteiger partial charge in [-0.15, -0.1) is 0 Å². The van der Waals surface area contributed by atoms with Gasteiger partial charge in [-0.25, -0.2) is 0 Å². The molecule has 1 amide bonds. The van der Waals surface area contributed by atoms with E-state index >= 15 is 0 Å². The minimum absolute atomic E-state index is 0. The molecule has 0 aliphatic heterocycles. The van der Waals surface area contributed by atoms with Gasteiger partial charge < -0.3 is 5.73 Å². The molecule has 9 heteroatoms. The van der Waals surface area contributed by atoms with Gasteiger partial charge >= 0.3 is 0 Å². The zero-order chi connectivity index (χ0) is 11.0. The molecule has 2 rings (SSSR count). The van der Waals surface area contributed by atoms with Crippen LogP contribution in [0.2, 0.25) is 0 Å². The molecule has 0 unspecified atom stereocenters. The Bertz CT molecular complexity index is 566. The number of amides is 1. The number of non-ortho nitro benzene ring substituents is 1. The van der Waals surface area contributed by atoms with E-state index in [2.05, 4.69) is 15.4 Å². The predicted molar refractivity (Wildman–Crippen MR) is 49.1 cm³/mol. The van der Waals surface area contributed by atoms with Crippen LogP contribution >= 0.6 is 0 Å². The molecule has 0 aliphatic carbocycles. The molecule has 8 nitrogen and oxygen atoms in total. The number of carbonyl (C=O) groups excluding carboxylic acids is 1. The molecule has 0 saturated carbocycles. The van der Waals surface area contributed by atoms with E-state index in [4.69, 9.17) is 5.73 Å². The van der Waals surface area contributed by atoms with E-state index in [-0.39, 0.29) is 44.7 Å². The van der Waals surface area contributed by atoms with Gasteiger partial charge in [0.2, 0.25) is 0 Å². The summed E-state index contributed by atoms with van der Waals surface area (Å²) in [7, 11) is 0. The number of fused-ring (bicyclic) bond motifs is 1. The Labute approximate surface area is 104 Å². The number of aromatic amines is 1. The number of H-pyrrole nitrogens is 1. The average Bonchev–Trinajstić information content (AvgIpc) is 2.62. The van der Waals surface area contributed by atoms with E-state index < -0.39 is 10.8 Å². The molecule has 3 N–H and O–H groups in total. The topological polar surface area (TPSA) is 128 Å². The van der Waals surface area contributed by atoms with Crippen LogP contribution in [0.15, 0.2) is 12.1 Å². The van der Waals surface area contributed by atoms with Gasteiger partial charge in [0, 0.05) is 34.5 Å². The van der Waals surface area contributed by atoms with Crippen LogP contribution in [-0.4, -0.2) is 26.2 Å². The van der Waals surface area contributed by atoms with Crippen LogP contribution in [0.1, 0.15) is 10.4 Å². The summed E-state index contributed by atoms with van der Waals surface area (Å²) < 4.78 is 0. The summed E-state index contributed by atoms with van der Waals surface area (Å²) in [6, 6.07) is 2.29. The van der Waals surface area contributed by atoms with Crippen molar-refractivity contribution in [2.75, 3.05) is 0 Å². The summed E-state index contributed by atoms with van der Waals surface area (Å²) in [5.41, 5.74) is 5.26. The number of rotatable bonds is 2. The number of hydrogen-bond donors (Lipinski definition) is 2. The Balaban J connectivity index is 0.00000128. The van der Waals surface area contributed by atoms with Crippen molar-refractivity contribution >= 4 is 22.6 Å². The summed E-state index contributed by atoms with van der Waals surface area (Å²) in [6.45, 7) is 0. The maximum Gasteiger partial charge on any atom is 0.272 e. The Morgan fingerprint density at radius 1 is 1.44 bits per heavy atom. The molecule has 16 heavy (non-hydrogen) atoms. The van der Waals surface area contributed by atoms with E-state index in [9.17, 15) is 14.9 Å². The average molecular weight is 315 g/mol.